The van der Waals surface area contributed by atoms with Gasteiger partial charge in [0.1, 0.15) is 5.75 Å². The molecule has 0 bridgehead atoms. The Bertz CT molecular complexity index is 552. The SMILES string of the molecule is CCO[Si](Cc1ccc(OC)c([Si](OCC)(OCC)OCC)c1)(OCC)OCC. The largest absolute Gasteiger partial charge is 0.541 e. The van der Waals surface area contributed by atoms with E-state index in [-0.39, 0.29) is 0 Å². The average molecular weight is 447 g/mol. The van der Waals surface area contributed by atoms with Crippen molar-refractivity contribution in [3.63, 3.8) is 0 Å². The van der Waals surface area contributed by atoms with Gasteiger partial charge in [-0.1, -0.05) is 6.07 Å². The van der Waals surface area contributed by atoms with E-state index in [1.807, 2.05) is 59.7 Å². The normalized spacial score (nSPS) is 12.4. The van der Waals surface area contributed by atoms with Crippen molar-refractivity contribution in [3.8, 4) is 5.75 Å². The lowest BCUT2D eigenvalue weighted by atomic mass is 10.2. The first-order valence-corrected chi connectivity index (χ1v) is 14.2. The van der Waals surface area contributed by atoms with Crippen molar-refractivity contribution in [2.75, 3.05) is 46.8 Å². The third-order valence-electron chi connectivity index (χ3n) is 4.11. The Kier molecular flexibility index (Phi) is 12.2. The van der Waals surface area contributed by atoms with E-state index >= 15 is 0 Å². The average Bonchev–Trinajstić information content (AvgIpc) is 2.69. The molecule has 0 saturated heterocycles. The molecule has 1 rings (SSSR count). The molecule has 0 atom stereocenters. The lowest BCUT2D eigenvalue weighted by molar-refractivity contribution is 0.0702. The Labute approximate surface area is 178 Å². The first-order valence-electron chi connectivity index (χ1n) is 10.5. The maximum Gasteiger partial charge on any atom is 0.541 e. The molecule has 9 heteroatoms. The molecule has 0 aliphatic carbocycles. The van der Waals surface area contributed by atoms with Crippen LogP contribution < -0.4 is 9.92 Å². The van der Waals surface area contributed by atoms with Crippen LogP contribution in [0.25, 0.3) is 0 Å². The molecule has 0 fully saturated rings. The van der Waals surface area contributed by atoms with Gasteiger partial charge in [-0.2, -0.15) is 0 Å². The first kappa shape index (κ1) is 26.2. The molecule has 7 nitrogen and oxygen atoms in total. The summed E-state index contributed by atoms with van der Waals surface area (Å²) in [6.45, 7) is 14.7. The molecular weight excluding hydrogens is 408 g/mol. The van der Waals surface area contributed by atoms with Gasteiger partial charge in [0, 0.05) is 45.7 Å². The monoisotopic (exact) mass is 446 g/mol. The highest BCUT2D eigenvalue weighted by molar-refractivity contribution is 6.76. The Hall–Kier alpha value is -0.786. The molecule has 0 N–H and O–H groups in total. The van der Waals surface area contributed by atoms with E-state index in [2.05, 4.69) is 0 Å². The number of rotatable bonds is 16. The van der Waals surface area contributed by atoms with Crippen LogP contribution in [0.15, 0.2) is 18.2 Å². The Morgan fingerprint density at radius 1 is 0.655 bits per heavy atom. The van der Waals surface area contributed by atoms with E-state index in [1.165, 1.54) is 0 Å². The molecule has 0 heterocycles. The summed E-state index contributed by atoms with van der Waals surface area (Å²) < 4.78 is 42.0. The van der Waals surface area contributed by atoms with E-state index in [4.69, 9.17) is 31.3 Å². The van der Waals surface area contributed by atoms with Crippen LogP contribution in [0.5, 0.6) is 5.75 Å². The molecule has 0 unspecified atom stereocenters. The number of ether oxygens (including phenoxy) is 1. The Morgan fingerprint density at radius 3 is 1.48 bits per heavy atom. The lowest BCUT2D eigenvalue weighted by Gasteiger charge is -2.31. The third-order valence-corrected chi connectivity index (χ3v) is 10.2. The minimum atomic E-state index is -3.13. The molecule has 0 amide bonds. The summed E-state index contributed by atoms with van der Waals surface area (Å²) in [6, 6.07) is 6.51. The second-order valence-corrected chi connectivity index (χ2v) is 11.2. The molecule has 1 aromatic rings. The molecule has 1 aromatic carbocycles. The highest BCUT2D eigenvalue weighted by Gasteiger charge is 2.47. The summed E-state index contributed by atoms with van der Waals surface area (Å²) in [5.41, 5.74) is 1.01. The highest BCUT2D eigenvalue weighted by Crippen LogP contribution is 2.23. The van der Waals surface area contributed by atoms with Crippen LogP contribution in [0.2, 0.25) is 0 Å². The van der Waals surface area contributed by atoms with Crippen molar-refractivity contribution in [3.05, 3.63) is 23.8 Å². The van der Waals surface area contributed by atoms with Crippen LogP contribution >= 0.6 is 0 Å². The topological polar surface area (TPSA) is 64.6 Å². The summed E-state index contributed by atoms with van der Waals surface area (Å²) >= 11 is 0. The Morgan fingerprint density at radius 2 is 1.10 bits per heavy atom. The number of hydrogen-bond donors (Lipinski definition) is 0. The summed E-state index contributed by atoms with van der Waals surface area (Å²) in [5.74, 6) is 0.687. The molecule has 0 aromatic heterocycles. The summed E-state index contributed by atoms with van der Waals surface area (Å²) in [4.78, 5) is 0. The Balaban J connectivity index is 3.44. The number of hydrogen-bond acceptors (Lipinski definition) is 7. The minimum absolute atomic E-state index is 0.481. The van der Waals surface area contributed by atoms with Gasteiger partial charge in [0.05, 0.1) is 12.3 Å². The van der Waals surface area contributed by atoms with Gasteiger partial charge in [0.15, 0.2) is 0 Å². The van der Waals surface area contributed by atoms with E-state index < -0.39 is 17.6 Å². The van der Waals surface area contributed by atoms with E-state index in [0.29, 0.717) is 51.4 Å². The van der Waals surface area contributed by atoms with E-state index in [0.717, 1.165) is 10.8 Å². The fraction of sp³-hybridized carbons (Fsp3) is 0.700. The maximum absolute atomic E-state index is 6.10. The molecule has 0 aliphatic heterocycles. The fourth-order valence-electron chi connectivity index (χ4n) is 3.22. The van der Waals surface area contributed by atoms with Gasteiger partial charge < -0.3 is 31.3 Å². The van der Waals surface area contributed by atoms with Crippen LogP contribution in [0, 0.1) is 0 Å². The summed E-state index contributed by atoms with van der Waals surface area (Å²) in [5, 5.41) is 0.815. The number of methoxy groups -OCH3 is 1. The van der Waals surface area contributed by atoms with Gasteiger partial charge in [-0.3, -0.25) is 0 Å². The van der Waals surface area contributed by atoms with E-state index in [1.54, 1.807) is 7.11 Å². The summed E-state index contributed by atoms with van der Waals surface area (Å²) in [6.07, 6.45) is 0. The van der Waals surface area contributed by atoms with Crippen molar-refractivity contribution in [1.82, 2.24) is 0 Å². The van der Waals surface area contributed by atoms with Crippen LogP contribution in [-0.4, -0.2) is 64.4 Å². The smallest absolute Gasteiger partial charge is 0.497 e. The number of benzene rings is 1. The van der Waals surface area contributed by atoms with Crippen molar-refractivity contribution >= 4 is 22.8 Å². The van der Waals surface area contributed by atoms with Crippen molar-refractivity contribution in [1.29, 1.82) is 0 Å². The van der Waals surface area contributed by atoms with Crippen molar-refractivity contribution in [2.24, 2.45) is 0 Å². The van der Waals surface area contributed by atoms with Gasteiger partial charge >= 0.3 is 17.6 Å². The minimum Gasteiger partial charge on any atom is -0.497 e. The van der Waals surface area contributed by atoms with Crippen LogP contribution in [0.1, 0.15) is 47.1 Å². The zero-order valence-electron chi connectivity index (χ0n) is 19.0. The lowest BCUT2D eigenvalue weighted by Crippen LogP contribution is -2.57. The van der Waals surface area contributed by atoms with Gasteiger partial charge in [-0.15, -0.1) is 0 Å². The molecule has 29 heavy (non-hydrogen) atoms. The first-order chi connectivity index (χ1) is 14.0. The fourth-order valence-corrected chi connectivity index (χ4v) is 8.52. The molecule has 0 radical (unpaired) electrons. The van der Waals surface area contributed by atoms with Crippen LogP contribution in [0.3, 0.4) is 0 Å². The van der Waals surface area contributed by atoms with Gasteiger partial charge in [0.2, 0.25) is 0 Å². The standard InChI is InChI=1S/C20H38O7Si2/c1-8-22-28(23-9-2,24-10-3)17-18-14-15-19(21-7)20(16-18)29(25-11-4,26-12-5)27-13-6/h14-16H,8-13,17H2,1-7H3. The third kappa shape index (κ3) is 7.14. The zero-order valence-corrected chi connectivity index (χ0v) is 21.0. The second kappa shape index (κ2) is 13.5. The van der Waals surface area contributed by atoms with E-state index in [9.17, 15) is 0 Å². The predicted molar refractivity (Wildman–Crippen MR) is 118 cm³/mol. The van der Waals surface area contributed by atoms with Gasteiger partial charge in [-0.05, 0) is 59.2 Å². The molecule has 0 spiro atoms. The molecule has 0 saturated carbocycles. The van der Waals surface area contributed by atoms with Crippen LogP contribution in [0.4, 0.5) is 0 Å². The van der Waals surface area contributed by atoms with Gasteiger partial charge in [0.25, 0.3) is 0 Å². The molecule has 0 aliphatic rings. The quantitative estimate of drug-likeness (QED) is 0.362. The second-order valence-electron chi connectivity index (χ2n) is 6.05. The zero-order chi connectivity index (χ0) is 21.8. The van der Waals surface area contributed by atoms with Crippen molar-refractivity contribution < 1.29 is 31.3 Å². The van der Waals surface area contributed by atoms with Crippen molar-refractivity contribution in [2.45, 2.75) is 47.6 Å². The highest BCUT2D eigenvalue weighted by atomic mass is 28.4. The molecule has 168 valence electrons. The molecular formula is C20H38O7Si2. The van der Waals surface area contributed by atoms with Gasteiger partial charge in [-0.25, -0.2) is 0 Å². The van der Waals surface area contributed by atoms with Crippen LogP contribution in [-0.2, 0) is 32.6 Å². The summed E-state index contributed by atoms with van der Waals surface area (Å²) in [7, 11) is -4.34. The maximum atomic E-state index is 6.10. The predicted octanol–water partition coefficient (Wildman–Crippen LogP) is 3.08.